The van der Waals surface area contributed by atoms with E-state index in [9.17, 15) is 4.79 Å². The Morgan fingerprint density at radius 2 is 1.72 bits per heavy atom. The normalized spacial score (nSPS) is 27.4. The highest BCUT2D eigenvalue weighted by Crippen LogP contribution is 2.28. The van der Waals surface area contributed by atoms with Gasteiger partial charge in [0.2, 0.25) is 5.91 Å². The van der Waals surface area contributed by atoms with Gasteiger partial charge in [-0.15, -0.1) is 12.4 Å². The molecule has 2 rings (SSSR count). The molecule has 2 unspecified atom stereocenters. The van der Waals surface area contributed by atoms with Crippen LogP contribution in [-0.4, -0.2) is 29.4 Å². The zero-order valence-electron chi connectivity index (χ0n) is 11.4. The molecule has 2 aliphatic rings. The lowest BCUT2D eigenvalue weighted by Crippen LogP contribution is -2.53. The van der Waals surface area contributed by atoms with Gasteiger partial charge in [0, 0.05) is 24.5 Å². The molecule has 0 aromatic rings. The van der Waals surface area contributed by atoms with Crippen molar-refractivity contribution in [2.24, 2.45) is 11.7 Å². The van der Waals surface area contributed by atoms with Crippen LogP contribution in [0.5, 0.6) is 0 Å². The van der Waals surface area contributed by atoms with Gasteiger partial charge in [-0.1, -0.05) is 19.3 Å². The molecule has 1 aliphatic carbocycles. The first-order chi connectivity index (χ1) is 8.20. The van der Waals surface area contributed by atoms with Crippen molar-refractivity contribution in [1.29, 1.82) is 0 Å². The molecule has 2 atom stereocenters. The third-order valence-corrected chi connectivity index (χ3v) is 4.39. The van der Waals surface area contributed by atoms with Crippen LogP contribution in [0.15, 0.2) is 0 Å². The van der Waals surface area contributed by atoms with Gasteiger partial charge < -0.3 is 10.6 Å². The molecule has 0 aromatic carbocycles. The van der Waals surface area contributed by atoms with Crippen molar-refractivity contribution >= 4 is 18.3 Å². The maximum absolute atomic E-state index is 12.5. The number of halogens is 1. The quantitative estimate of drug-likeness (QED) is 0.842. The van der Waals surface area contributed by atoms with Crippen LogP contribution in [0.25, 0.3) is 0 Å². The highest BCUT2D eigenvalue weighted by Gasteiger charge is 2.33. The van der Waals surface area contributed by atoms with E-state index in [-0.39, 0.29) is 24.5 Å². The van der Waals surface area contributed by atoms with E-state index in [1.54, 1.807) is 0 Å². The van der Waals surface area contributed by atoms with E-state index in [0.717, 1.165) is 32.2 Å². The summed E-state index contributed by atoms with van der Waals surface area (Å²) in [6.07, 6.45) is 9.43. The molecule has 0 aromatic heterocycles. The van der Waals surface area contributed by atoms with E-state index in [1.807, 2.05) is 6.92 Å². The fourth-order valence-corrected chi connectivity index (χ4v) is 3.36. The smallest absolute Gasteiger partial charge is 0.225 e. The molecule has 18 heavy (non-hydrogen) atoms. The number of hydrogen-bond donors (Lipinski definition) is 1. The predicted molar refractivity (Wildman–Crippen MR) is 76.8 cm³/mol. The Morgan fingerprint density at radius 1 is 1.11 bits per heavy atom. The second-order valence-corrected chi connectivity index (χ2v) is 5.79. The molecule has 2 N–H and O–H groups in total. The first-order valence-corrected chi connectivity index (χ1v) is 7.26. The number of likely N-dealkylation sites (tertiary alicyclic amines) is 1. The third-order valence-electron chi connectivity index (χ3n) is 4.39. The van der Waals surface area contributed by atoms with Crippen LogP contribution in [0.1, 0.15) is 58.3 Å². The SMILES string of the molecule is CC(N)C1CCCCN1C(=O)C1CCCCC1.Cl. The highest BCUT2D eigenvalue weighted by molar-refractivity contribution is 5.85. The average Bonchev–Trinajstić information content (AvgIpc) is 2.39. The number of piperidine rings is 1. The number of hydrogen-bond acceptors (Lipinski definition) is 2. The maximum Gasteiger partial charge on any atom is 0.225 e. The highest BCUT2D eigenvalue weighted by atomic mass is 35.5. The zero-order chi connectivity index (χ0) is 12.3. The Morgan fingerprint density at radius 3 is 2.33 bits per heavy atom. The van der Waals surface area contributed by atoms with Crippen molar-refractivity contribution in [1.82, 2.24) is 4.90 Å². The average molecular weight is 275 g/mol. The minimum atomic E-state index is 0. The van der Waals surface area contributed by atoms with Gasteiger partial charge in [0.15, 0.2) is 0 Å². The number of nitrogens with zero attached hydrogens (tertiary/aromatic N) is 1. The summed E-state index contributed by atoms with van der Waals surface area (Å²) in [6, 6.07) is 0.404. The number of amides is 1. The Bertz CT molecular complexity index is 265. The van der Waals surface area contributed by atoms with Crippen molar-refractivity contribution in [3.8, 4) is 0 Å². The molecule has 1 amide bonds. The van der Waals surface area contributed by atoms with Crippen LogP contribution in [0, 0.1) is 5.92 Å². The van der Waals surface area contributed by atoms with Gasteiger partial charge in [-0.25, -0.2) is 0 Å². The van der Waals surface area contributed by atoms with Crippen LogP contribution in [0.3, 0.4) is 0 Å². The first kappa shape index (κ1) is 15.8. The van der Waals surface area contributed by atoms with E-state index in [4.69, 9.17) is 5.73 Å². The van der Waals surface area contributed by atoms with E-state index < -0.39 is 0 Å². The van der Waals surface area contributed by atoms with E-state index in [0.29, 0.717) is 11.8 Å². The molecule has 0 bridgehead atoms. The molecule has 0 spiro atoms. The van der Waals surface area contributed by atoms with Gasteiger partial charge in [0.25, 0.3) is 0 Å². The summed E-state index contributed by atoms with van der Waals surface area (Å²) in [4.78, 5) is 14.6. The van der Waals surface area contributed by atoms with Gasteiger partial charge in [-0.3, -0.25) is 4.79 Å². The molecule has 106 valence electrons. The molecule has 1 aliphatic heterocycles. The van der Waals surface area contributed by atoms with Gasteiger partial charge in [-0.05, 0) is 39.0 Å². The van der Waals surface area contributed by atoms with Crippen LogP contribution in [0.4, 0.5) is 0 Å². The second-order valence-electron chi connectivity index (χ2n) is 5.79. The number of rotatable bonds is 2. The summed E-state index contributed by atoms with van der Waals surface area (Å²) < 4.78 is 0. The van der Waals surface area contributed by atoms with Crippen molar-refractivity contribution in [2.45, 2.75) is 70.4 Å². The van der Waals surface area contributed by atoms with Crippen molar-refractivity contribution in [3.63, 3.8) is 0 Å². The third kappa shape index (κ3) is 3.61. The molecule has 1 saturated carbocycles. The largest absolute Gasteiger partial charge is 0.338 e. The molecule has 0 radical (unpaired) electrons. The lowest BCUT2D eigenvalue weighted by Gasteiger charge is -2.40. The second kappa shape index (κ2) is 7.34. The summed E-state index contributed by atoms with van der Waals surface area (Å²) in [5, 5.41) is 0. The number of nitrogens with two attached hydrogens (primary N) is 1. The Kier molecular flexibility index (Phi) is 6.44. The van der Waals surface area contributed by atoms with Gasteiger partial charge >= 0.3 is 0 Å². The van der Waals surface area contributed by atoms with Gasteiger partial charge in [-0.2, -0.15) is 0 Å². The van der Waals surface area contributed by atoms with Crippen molar-refractivity contribution in [3.05, 3.63) is 0 Å². The molecular weight excluding hydrogens is 248 g/mol. The number of carbonyl (C=O) groups excluding carboxylic acids is 1. The van der Waals surface area contributed by atoms with Crippen LogP contribution < -0.4 is 5.73 Å². The lowest BCUT2D eigenvalue weighted by molar-refractivity contribution is -0.140. The molecular formula is C14H27ClN2O. The summed E-state index contributed by atoms with van der Waals surface area (Å²) in [5.41, 5.74) is 6.03. The topological polar surface area (TPSA) is 46.3 Å². The summed E-state index contributed by atoms with van der Waals surface area (Å²) >= 11 is 0. The summed E-state index contributed by atoms with van der Waals surface area (Å²) in [5.74, 6) is 0.690. The fourth-order valence-electron chi connectivity index (χ4n) is 3.36. The van der Waals surface area contributed by atoms with Crippen LogP contribution >= 0.6 is 12.4 Å². The molecule has 3 nitrogen and oxygen atoms in total. The molecule has 1 saturated heterocycles. The molecule has 1 heterocycles. The molecule has 4 heteroatoms. The van der Waals surface area contributed by atoms with Crippen LogP contribution in [0.2, 0.25) is 0 Å². The predicted octanol–water partition coefficient (Wildman–Crippen LogP) is 2.72. The van der Waals surface area contributed by atoms with Gasteiger partial charge in [0.1, 0.15) is 0 Å². The minimum Gasteiger partial charge on any atom is -0.338 e. The molecule has 2 fully saturated rings. The minimum absolute atomic E-state index is 0. The van der Waals surface area contributed by atoms with E-state index >= 15 is 0 Å². The zero-order valence-corrected chi connectivity index (χ0v) is 12.3. The van der Waals surface area contributed by atoms with Crippen molar-refractivity contribution in [2.75, 3.05) is 6.54 Å². The van der Waals surface area contributed by atoms with Crippen LogP contribution in [-0.2, 0) is 4.79 Å². The Hall–Kier alpha value is -0.280. The summed E-state index contributed by atoms with van der Waals surface area (Å²) in [7, 11) is 0. The van der Waals surface area contributed by atoms with E-state index in [2.05, 4.69) is 4.90 Å². The Labute approximate surface area is 117 Å². The Balaban J connectivity index is 0.00000162. The van der Waals surface area contributed by atoms with Crippen molar-refractivity contribution < 1.29 is 4.79 Å². The lowest BCUT2D eigenvalue weighted by atomic mass is 9.86. The maximum atomic E-state index is 12.5. The summed E-state index contributed by atoms with van der Waals surface area (Å²) in [6.45, 7) is 2.97. The monoisotopic (exact) mass is 274 g/mol. The van der Waals surface area contributed by atoms with Gasteiger partial charge in [0.05, 0.1) is 0 Å². The van der Waals surface area contributed by atoms with E-state index in [1.165, 1.54) is 25.7 Å². The fraction of sp³-hybridized carbons (Fsp3) is 0.929. The standard InChI is InChI=1S/C14H26N2O.ClH/c1-11(15)13-9-5-6-10-16(13)14(17)12-7-3-2-4-8-12;/h11-13H,2-10,15H2,1H3;1H. The number of carbonyl (C=O) groups is 1. The first-order valence-electron chi connectivity index (χ1n) is 7.26.